The number of carbonyl (C=O) groups excluding carboxylic acids is 2. The lowest BCUT2D eigenvalue weighted by atomic mass is 9.97. The largest absolute Gasteiger partial charge is 0.464 e. The number of thioether (sulfide) groups is 1. The van der Waals surface area contributed by atoms with Crippen molar-refractivity contribution in [1.29, 1.82) is 0 Å². The number of nitrogens with one attached hydrogen (secondary N) is 1. The van der Waals surface area contributed by atoms with Crippen LogP contribution in [0.5, 0.6) is 5.75 Å². The molecule has 1 fully saturated rings. The average molecular weight is 409 g/mol. The van der Waals surface area contributed by atoms with Gasteiger partial charge >= 0.3 is 5.97 Å². The highest BCUT2D eigenvalue weighted by atomic mass is 32.2. The van der Waals surface area contributed by atoms with Crippen LogP contribution < -0.4 is 15.5 Å². The van der Waals surface area contributed by atoms with Crippen LogP contribution in [0.4, 0.5) is 5.13 Å². The molecule has 2 aromatic heterocycles. The number of carbonyl (C=O) groups is 2. The summed E-state index contributed by atoms with van der Waals surface area (Å²) in [6, 6.07) is 1.29. The lowest BCUT2D eigenvalue weighted by Gasteiger charge is -2.15. The minimum Gasteiger partial charge on any atom is -0.464 e. The number of anilines is 1. The summed E-state index contributed by atoms with van der Waals surface area (Å²) < 4.78 is 11.1. The smallest absolute Gasteiger partial charge is 0.316 e. The Morgan fingerprint density at radius 1 is 1.37 bits per heavy atom. The Labute approximate surface area is 163 Å². The SMILES string of the molecule is CC(C)(C)C(=O)Oc1coc(CSc2nnc(NC(=O)C3CC3)s2)cc1=O. The molecule has 2 heterocycles. The molecule has 2 aromatic rings. The minimum absolute atomic E-state index is 0.0194. The standard InChI is InChI=1S/C17H19N3O5S2/c1-17(2,3)14(23)25-12-7-24-10(6-11(12)21)8-26-16-20-19-15(27-16)18-13(22)9-4-5-9/h6-7,9H,4-5,8H2,1-3H3,(H,18,19,22). The van der Waals surface area contributed by atoms with Crippen molar-refractivity contribution in [2.75, 3.05) is 5.32 Å². The van der Waals surface area contributed by atoms with E-state index in [9.17, 15) is 14.4 Å². The lowest BCUT2D eigenvalue weighted by molar-refractivity contribution is -0.143. The quantitative estimate of drug-likeness (QED) is 0.440. The van der Waals surface area contributed by atoms with Crippen molar-refractivity contribution in [3.8, 4) is 5.75 Å². The molecule has 0 saturated heterocycles. The van der Waals surface area contributed by atoms with Crippen molar-refractivity contribution in [3.63, 3.8) is 0 Å². The van der Waals surface area contributed by atoms with E-state index in [-0.39, 0.29) is 17.6 Å². The summed E-state index contributed by atoms with van der Waals surface area (Å²) in [6.07, 6.45) is 2.99. The van der Waals surface area contributed by atoms with E-state index in [1.165, 1.54) is 29.2 Å². The molecular weight excluding hydrogens is 390 g/mol. The number of esters is 1. The molecule has 144 valence electrons. The highest BCUT2D eigenvalue weighted by Gasteiger charge is 2.30. The van der Waals surface area contributed by atoms with Gasteiger partial charge in [0.2, 0.25) is 22.2 Å². The third-order valence-corrected chi connectivity index (χ3v) is 5.58. The third-order valence-electron chi connectivity index (χ3n) is 3.59. The molecular formula is C17H19N3O5S2. The molecule has 0 radical (unpaired) electrons. The highest BCUT2D eigenvalue weighted by molar-refractivity contribution is 8.00. The van der Waals surface area contributed by atoms with Gasteiger partial charge in [-0.1, -0.05) is 23.1 Å². The predicted molar refractivity (Wildman–Crippen MR) is 101 cm³/mol. The first-order chi connectivity index (χ1) is 12.7. The molecule has 0 aromatic carbocycles. The number of aromatic nitrogens is 2. The van der Waals surface area contributed by atoms with Crippen molar-refractivity contribution in [2.45, 2.75) is 43.7 Å². The zero-order chi connectivity index (χ0) is 19.6. The van der Waals surface area contributed by atoms with Gasteiger partial charge in [-0.2, -0.15) is 0 Å². The maximum absolute atomic E-state index is 12.1. The van der Waals surface area contributed by atoms with Gasteiger partial charge in [0.05, 0.1) is 11.2 Å². The van der Waals surface area contributed by atoms with Crippen molar-refractivity contribution in [3.05, 3.63) is 28.3 Å². The van der Waals surface area contributed by atoms with Crippen molar-refractivity contribution >= 4 is 40.1 Å². The predicted octanol–water partition coefficient (Wildman–Crippen LogP) is 3.08. The van der Waals surface area contributed by atoms with E-state index in [1.807, 2.05) is 0 Å². The summed E-state index contributed by atoms with van der Waals surface area (Å²) >= 11 is 2.60. The Morgan fingerprint density at radius 3 is 2.74 bits per heavy atom. The molecule has 1 N–H and O–H groups in total. The second-order valence-electron chi connectivity index (χ2n) is 7.14. The zero-order valence-electron chi connectivity index (χ0n) is 15.1. The van der Waals surface area contributed by atoms with Gasteiger partial charge in [-0.05, 0) is 33.6 Å². The molecule has 1 saturated carbocycles. The van der Waals surface area contributed by atoms with E-state index in [0.29, 0.717) is 21.0 Å². The lowest BCUT2D eigenvalue weighted by Crippen LogP contribution is -2.27. The average Bonchev–Trinajstić information content (AvgIpc) is 3.35. The first kappa shape index (κ1) is 19.6. The summed E-state index contributed by atoms with van der Waals surface area (Å²) in [6.45, 7) is 5.10. The summed E-state index contributed by atoms with van der Waals surface area (Å²) in [5, 5.41) is 11.1. The van der Waals surface area contributed by atoms with E-state index in [0.717, 1.165) is 19.1 Å². The second-order valence-corrected chi connectivity index (χ2v) is 9.34. The van der Waals surface area contributed by atoms with Gasteiger partial charge < -0.3 is 14.5 Å². The molecule has 10 heteroatoms. The first-order valence-corrected chi connectivity index (χ1v) is 10.1. The molecule has 27 heavy (non-hydrogen) atoms. The Morgan fingerprint density at radius 2 is 2.11 bits per heavy atom. The molecule has 1 aliphatic carbocycles. The fourth-order valence-corrected chi connectivity index (χ4v) is 3.49. The van der Waals surface area contributed by atoms with Crippen LogP contribution in [0, 0.1) is 11.3 Å². The minimum atomic E-state index is -0.717. The van der Waals surface area contributed by atoms with Crippen LogP contribution in [0.3, 0.4) is 0 Å². The van der Waals surface area contributed by atoms with Gasteiger partial charge in [-0.3, -0.25) is 14.4 Å². The van der Waals surface area contributed by atoms with Gasteiger partial charge in [0.1, 0.15) is 12.0 Å². The van der Waals surface area contributed by atoms with Gasteiger partial charge in [-0.15, -0.1) is 10.2 Å². The molecule has 0 aliphatic heterocycles. The molecule has 0 atom stereocenters. The molecule has 8 nitrogen and oxygen atoms in total. The fraction of sp³-hybridized carbons (Fsp3) is 0.471. The van der Waals surface area contributed by atoms with E-state index < -0.39 is 16.8 Å². The van der Waals surface area contributed by atoms with Gasteiger partial charge in [0.25, 0.3) is 0 Å². The normalized spacial score (nSPS) is 14.0. The van der Waals surface area contributed by atoms with E-state index in [4.69, 9.17) is 9.15 Å². The Balaban J connectivity index is 1.56. The van der Waals surface area contributed by atoms with Crippen molar-refractivity contribution in [1.82, 2.24) is 10.2 Å². The zero-order valence-corrected chi connectivity index (χ0v) is 16.7. The summed E-state index contributed by atoms with van der Waals surface area (Å²) in [4.78, 5) is 35.7. The third kappa shape index (κ3) is 5.39. The van der Waals surface area contributed by atoms with Crippen LogP contribution >= 0.6 is 23.1 Å². The van der Waals surface area contributed by atoms with Crippen LogP contribution in [0.25, 0.3) is 0 Å². The Hall–Kier alpha value is -2.20. The fourth-order valence-electron chi connectivity index (χ4n) is 1.85. The molecule has 1 amide bonds. The summed E-state index contributed by atoms with van der Waals surface area (Å²) in [7, 11) is 0. The van der Waals surface area contributed by atoms with Crippen LogP contribution in [0.15, 0.2) is 25.9 Å². The maximum Gasteiger partial charge on any atom is 0.316 e. The molecule has 0 bridgehead atoms. The molecule has 3 rings (SSSR count). The summed E-state index contributed by atoms with van der Waals surface area (Å²) in [5.41, 5.74) is -1.14. The van der Waals surface area contributed by atoms with E-state index in [1.54, 1.807) is 20.8 Å². The molecule has 0 unspecified atom stereocenters. The monoisotopic (exact) mass is 409 g/mol. The second kappa shape index (κ2) is 7.81. The number of ether oxygens (including phenoxy) is 1. The van der Waals surface area contributed by atoms with Gasteiger partial charge in [-0.25, -0.2) is 0 Å². The number of hydrogen-bond acceptors (Lipinski definition) is 9. The van der Waals surface area contributed by atoms with Crippen LogP contribution in [-0.4, -0.2) is 22.1 Å². The van der Waals surface area contributed by atoms with Crippen molar-refractivity contribution in [2.24, 2.45) is 11.3 Å². The molecule has 0 spiro atoms. The van der Waals surface area contributed by atoms with Crippen LogP contribution in [0.2, 0.25) is 0 Å². The number of rotatable bonds is 6. The van der Waals surface area contributed by atoms with E-state index in [2.05, 4.69) is 15.5 Å². The number of hydrogen-bond donors (Lipinski definition) is 1. The number of amides is 1. The van der Waals surface area contributed by atoms with Gasteiger partial charge in [0.15, 0.2) is 4.34 Å². The highest BCUT2D eigenvalue weighted by Crippen LogP contribution is 2.32. The van der Waals surface area contributed by atoms with Crippen molar-refractivity contribution < 1.29 is 18.7 Å². The molecule has 1 aliphatic rings. The van der Waals surface area contributed by atoms with E-state index >= 15 is 0 Å². The first-order valence-electron chi connectivity index (χ1n) is 8.33. The Bertz CT molecular complexity index is 912. The topological polar surface area (TPSA) is 111 Å². The number of nitrogens with zero attached hydrogens (tertiary/aromatic N) is 2. The Kier molecular flexibility index (Phi) is 5.66. The maximum atomic E-state index is 12.1. The van der Waals surface area contributed by atoms with Crippen LogP contribution in [-0.2, 0) is 15.3 Å². The van der Waals surface area contributed by atoms with Crippen LogP contribution in [0.1, 0.15) is 39.4 Å². The summed E-state index contributed by atoms with van der Waals surface area (Å²) in [5.74, 6) is 0.211. The van der Waals surface area contributed by atoms with Gasteiger partial charge in [0, 0.05) is 12.0 Å².